The molecule has 0 unspecified atom stereocenters. The van der Waals surface area contributed by atoms with E-state index in [2.05, 4.69) is 4.98 Å². The summed E-state index contributed by atoms with van der Waals surface area (Å²) in [5.74, 6) is 0.498. The van der Waals surface area contributed by atoms with Crippen LogP contribution < -0.4 is 0 Å². The lowest BCUT2D eigenvalue weighted by molar-refractivity contribution is 0.550. The largest absolute Gasteiger partial charge is 0.442 e. The fraction of sp³-hybridized carbons (Fsp3) is 0.143. The predicted octanol–water partition coefficient (Wildman–Crippen LogP) is 1.71. The number of rotatable bonds is 2. The van der Waals surface area contributed by atoms with Crippen molar-refractivity contribution in [1.82, 2.24) is 4.98 Å². The van der Waals surface area contributed by atoms with Gasteiger partial charge >= 0.3 is 0 Å². The van der Waals surface area contributed by atoms with E-state index in [-0.39, 0.29) is 0 Å². The Bertz CT molecular complexity index is 250. The highest BCUT2D eigenvalue weighted by atomic mass is 16.3. The van der Waals surface area contributed by atoms with Crippen LogP contribution in [0.1, 0.15) is 18.4 Å². The van der Waals surface area contributed by atoms with E-state index in [4.69, 9.17) is 9.83 Å². The van der Waals surface area contributed by atoms with Crippen molar-refractivity contribution >= 4 is 12.3 Å². The van der Waals surface area contributed by atoms with E-state index < -0.39 is 0 Å². The molecule has 1 heterocycles. The lowest BCUT2D eigenvalue weighted by Gasteiger charge is -1.82. The van der Waals surface area contributed by atoms with E-state index in [1.807, 2.05) is 13.0 Å². The monoisotopic (exact) mass is 136 g/mol. The lowest BCUT2D eigenvalue weighted by Crippen LogP contribution is -1.78. The van der Waals surface area contributed by atoms with Crippen LogP contribution >= 0.6 is 0 Å². The molecule has 0 amide bonds. The summed E-state index contributed by atoms with van der Waals surface area (Å²) in [6, 6.07) is 0. The second kappa shape index (κ2) is 2.96. The topological polar surface area (TPSA) is 49.9 Å². The second-order valence-corrected chi connectivity index (χ2v) is 1.75. The first-order valence-corrected chi connectivity index (χ1v) is 2.95. The first kappa shape index (κ1) is 6.74. The van der Waals surface area contributed by atoms with Gasteiger partial charge in [0.1, 0.15) is 5.69 Å². The van der Waals surface area contributed by atoms with Crippen LogP contribution in [-0.4, -0.2) is 11.2 Å². The molecule has 0 atom stereocenters. The molecule has 0 aliphatic heterocycles. The van der Waals surface area contributed by atoms with Crippen LogP contribution in [0.2, 0.25) is 0 Å². The third-order valence-corrected chi connectivity index (χ3v) is 1.08. The van der Waals surface area contributed by atoms with E-state index >= 15 is 0 Å². The van der Waals surface area contributed by atoms with Gasteiger partial charge in [-0.05, 0) is 13.0 Å². The molecular weight excluding hydrogens is 128 g/mol. The number of nitrogens with one attached hydrogen (secondary N) is 1. The molecule has 0 aliphatic rings. The van der Waals surface area contributed by atoms with Gasteiger partial charge < -0.3 is 9.83 Å². The summed E-state index contributed by atoms with van der Waals surface area (Å²) >= 11 is 0. The molecule has 52 valence electrons. The maximum absolute atomic E-state index is 6.89. The number of aromatic nitrogens is 1. The van der Waals surface area contributed by atoms with Crippen LogP contribution in [0, 0.1) is 5.41 Å². The number of oxazole rings is 1. The van der Waals surface area contributed by atoms with Crippen molar-refractivity contribution in [1.29, 1.82) is 5.41 Å². The first-order valence-electron chi connectivity index (χ1n) is 2.95. The van der Waals surface area contributed by atoms with Gasteiger partial charge in [0.2, 0.25) is 0 Å². The smallest absolute Gasteiger partial charge is 0.182 e. The molecular formula is C7H8N2O. The Hall–Kier alpha value is -1.38. The van der Waals surface area contributed by atoms with Gasteiger partial charge in [-0.3, -0.25) is 0 Å². The highest BCUT2D eigenvalue weighted by molar-refractivity contribution is 5.78. The van der Waals surface area contributed by atoms with E-state index in [1.165, 1.54) is 6.39 Å². The SMILES string of the molecule is C/C=C\c1ncoc1C=N. The van der Waals surface area contributed by atoms with Crippen LogP contribution in [0.25, 0.3) is 6.08 Å². The highest BCUT2D eigenvalue weighted by Gasteiger charge is 1.98. The van der Waals surface area contributed by atoms with Crippen LogP contribution in [0.4, 0.5) is 0 Å². The van der Waals surface area contributed by atoms with E-state index in [1.54, 1.807) is 6.08 Å². The molecule has 3 nitrogen and oxygen atoms in total. The van der Waals surface area contributed by atoms with Crippen molar-refractivity contribution in [2.24, 2.45) is 0 Å². The van der Waals surface area contributed by atoms with Crippen molar-refractivity contribution in [3.8, 4) is 0 Å². The molecule has 0 aromatic carbocycles. The van der Waals surface area contributed by atoms with Crippen molar-refractivity contribution in [3.63, 3.8) is 0 Å². The van der Waals surface area contributed by atoms with Crippen molar-refractivity contribution < 1.29 is 4.42 Å². The van der Waals surface area contributed by atoms with Crippen LogP contribution in [0.15, 0.2) is 16.9 Å². The lowest BCUT2D eigenvalue weighted by atomic mass is 10.3. The molecule has 0 saturated carbocycles. The number of allylic oxidation sites excluding steroid dienone is 1. The Morgan fingerprint density at radius 2 is 2.50 bits per heavy atom. The normalized spacial score (nSPS) is 10.5. The van der Waals surface area contributed by atoms with Gasteiger partial charge in [0.15, 0.2) is 12.2 Å². The fourth-order valence-electron chi connectivity index (χ4n) is 0.655. The Labute approximate surface area is 58.9 Å². The minimum Gasteiger partial charge on any atom is -0.442 e. The van der Waals surface area contributed by atoms with Crippen LogP contribution in [0.5, 0.6) is 0 Å². The Balaban J connectivity index is 3.00. The second-order valence-electron chi connectivity index (χ2n) is 1.75. The quantitative estimate of drug-likeness (QED) is 0.629. The maximum Gasteiger partial charge on any atom is 0.182 e. The summed E-state index contributed by atoms with van der Waals surface area (Å²) in [6.45, 7) is 1.89. The van der Waals surface area contributed by atoms with Gasteiger partial charge in [-0.15, -0.1) is 0 Å². The number of nitrogens with zero attached hydrogens (tertiary/aromatic N) is 1. The van der Waals surface area contributed by atoms with E-state index in [9.17, 15) is 0 Å². The van der Waals surface area contributed by atoms with Gasteiger partial charge in [-0.25, -0.2) is 4.98 Å². The molecule has 1 N–H and O–H groups in total. The summed E-state index contributed by atoms with van der Waals surface area (Å²) in [7, 11) is 0. The molecule has 1 aromatic heterocycles. The molecule has 0 saturated heterocycles. The molecule has 0 radical (unpaired) electrons. The summed E-state index contributed by atoms with van der Waals surface area (Å²) in [4.78, 5) is 3.87. The van der Waals surface area contributed by atoms with Crippen molar-refractivity contribution in [2.75, 3.05) is 0 Å². The average Bonchev–Trinajstić information content (AvgIpc) is 2.36. The van der Waals surface area contributed by atoms with Gasteiger partial charge in [0, 0.05) is 0 Å². The summed E-state index contributed by atoms with van der Waals surface area (Å²) in [5, 5.41) is 6.89. The zero-order chi connectivity index (χ0) is 7.40. The van der Waals surface area contributed by atoms with E-state index in [0.717, 1.165) is 6.21 Å². The fourth-order valence-corrected chi connectivity index (χ4v) is 0.655. The zero-order valence-electron chi connectivity index (χ0n) is 5.66. The summed E-state index contributed by atoms with van der Waals surface area (Å²) in [5.41, 5.74) is 0.706. The van der Waals surface area contributed by atoms with Crippen molar-refractivity contribution in [3.05, 3.63) is 23.9 Å². The summed E-state index contributed by atoms with van der Waals surface area (Å²) < 4.78 is 4.86. The Morgan fingerprint density at radius 1 is 1.70 bits per heavy atom. The maximum atomic E-state index is 6.89. The van der Waals surface area contributed by atoms with Crippen molar-refractivity contribution in [2.45, 2.75) is 6.92 Å². The molecule has 0 aliphatic carbocycles. The molecule has 1 rings (SSSR count). The average molecular weight is 136 g/mol. The van der Waals surface area contributed by atoms with Gasteiger partial charge in [-0.1, -0.05) is 6.08 Å². The molecule has 0 bridgehead atoms. The predicted molar refractivity (Wildman–Crippen MR) is 39.1 cm³/mol. The number of hydrogen-bond donors (Lipinski definition) is 1. The number of hydrogen-bond acceptors (Lipinski definition) is 3. The van der Waals surface area contributed by atoms with Crippen LogP contribution in [0.3, 0.4) is 0 Å². The molecule has 3 heteroatoms. The minimum atomic E-state index is 0.498. The third kappa shape index (κ3) is 1.13. The molecule has 0 spiro atoms. The molecule has 10 heavy (non-hydrogen) atoms. The van der Waals surface area contributed by atoms with Gasteiger partial charge in [0.25, 0.3) is 0 Å². The highest BCUT2D eigenvalue weighted by Crippen LogP contribution is 2.04. The standard InChI is InChI=1S/C7H8N2O/c1-2-3-6-7(4-8)10-5-9-6/h2-5,8H,1H3/b3-2-,8-4?. The summed E-state index contributed by atoms with van der Waals surface area (Å²) in [6.07, 6.45) is 6.12. The van der Waals surface area contributed by atoms with E-state index in [0.29, 0.717) is 11.5 Å². The third-order valence-electron chi connectivity index (χ3n) is 1.08. The van der Waals surface area contributed by atoms with Crippen LogP contribution in [-0.2, 0) is 0 Å². The Kier molecular flexibility index (Phi) is 1.99. The van der Waals surface area contributed by atoms with Gasteiger partial charge in [-0.2, -0.15) is 0 Å². The zero-order valence-corrected chi connectivity index (χ0v) is 5.66. The first-order chi connectivity index (χ1) is 4.88. The molecule has 1 aromatic rings. The van der Waals surface area contributed by atoms with Gasteiger partial charge in [0.05, 0.1) is 6.21 Å². The molecule has 0 fully saturated rings. The minimum absolute atomic E-state index is 0.498. The Morgan fingerprint density at radius 3 is 3.10 bits per heavy atom.